The minimum Gasteiger partial charge on any atom is -0.352 e. The van der Waals surface area contributed by atoms with Gasteiger partial charge < -0.3 is 10.2 Å². The summed E-state index contributed by atoms with van der Waals surface area (Å²) in [5.74, 6) is 0.184. The topological polar surface area (TPSA) is 49.4 Å². The monoisotopic (exact) mass is 330 g/mol. The zero-order valence-corrected chi connectivity index (χ0v) is 15.6. The van der Waals surface area contributed by atoms with E-state index in [1.165, 1.54) is 16.7 Å². The van der Waals surface area contributed by atoms with Crippen LogP contribution >= 0.6 is 0 Å². The lowest BCUT2D eigenvalue weighted by Gasteiger charge is -2.31. The molecule has 4 nitrogen and oxygen atoms in total. The molecule has 4 heteroatoms. The predicted octanol–water partition coefficient (Wildman–Crippen LogP) is 3.00. The van der Waals surface area contributed by atoms with Gasteiger partial charge in [0.25, 0.3) is 0 Å². The summed E-state index contributed by atoms with van der Waals surface area (Å²) in [7, 11) is 0. The lowest BCUT2D eigenvalue weighted by molar-refractivity contribution is -0.139. The number of amides is 2. The Bertz CT molecular complexity index is 610. The third kappa shape index (κ3) is 4.37. The number of aryl methyl sites for hydroxylation is 2. The van der Waals surface area contributed by atoms with Gasteiger partial charge in [0.15, 0.2) is 0 Å². The standard InChI is InChI=1S/C20H30N2O2/c1-13(2)19(22-10-6-7-18(22)23)20(24)21-16(5)12-17-9-8-14(3)11-15(17)4/h8-9,11,13,16,19H,6-7,10,12H2,1-5H3,(H,21,24). The van der Waals surface area contributed by atoms with Crippen LogP contribution in [-0.2, 0) is 16.0 Å². The van der Waals surface area contributed by atoms with E-state index in [0.717, 1.165) is 12.8 Å². The number of likely N-dealkylation sites (tertiary alicyclic amines) is 1. The van der Waals surface area contributed by atoms with E-state index >= 15 is 0 Å². The van der Waals surface area contributed by atoms with E-state index < -0.39 is 0 Å². The van der Waals surface area contributed by atoms with Gasteiger partial charge in [-0.3, -0.25) is 9.59 Å². The summed E-state index contributed by atoms with van der Waals surface area (Å²) in [5, 5.41) is 3.12. The zero-order chi connectivity index (χ0) is 17.9. The van der Waals surface area contributed by atoms with Crippen LogP contribution in [0.2, 0.25) is 0 Å². The SMILES string of the molecule is Cc1ccc(CC(C)NC(=O)C(C(C)C)N2CCCC2=O)c(C)c1. The summed E-state index contributed by atoms with van der Waals surface area (Å²) in [4.78, 5) is 26.5. The summed E-state index contributed by atoms with van der Waals surface area (Å²) in [6.07, 6.45) is 2.22. The molecule has 1 aliphatic rings. The van der Waals surface area contributed by atoms with Gasteiger partial charge in [0.1, 0.15) is 6.04 Å². The second-order valence-corrected chi connectivity index (χ2v) is 7.42. The van der Waals surface area contributed by atoms with Crippen molar-refractivity contribution in [2.75, 3.05) is 6.54 Å². The Morgan fingerprint density at radius 2 is 1.96 bits per heavy atom. The molecule has 2 rings (SSSR count). The molecule has 1 aromatic carbocycles. The maximum Gasteiger partial charge on any atom is 0.243 e. The molecule has 0 aromatic heterocycles. The van der Waals surface area contributed by atoms with Crippen molar-refractivity contribution in [2.24, 2.45) is 5.92 Å². The molecule has 1 saturated heterocycles. The molecular formula is C20H30N2O2. The second kappa shape index (κ2) is 7.82. The normalized spacial score (nSPS) is 17.2. The van der Waals surface area contributed by atoms with E-state index in [1.807, 2.05) is 20.8 Å². The first kappa shape index (κ1) is 18.5. The summed E-state index contributed by atoms with van der Waals surface area (Å²) in [6.45, 7) is 10.9. The molecule has 2 unspecified atom stereocenters. The van der Waals surface area contributed by atoms with E-state index in [4.69, 9.17) is 0 Å². The average Bonchev–Trinajstić information content (AvgIpc) is 2.88. The fraction of sp³-hybridized carbons (Fsp3) is 0.600. The van der Waals surface area contributed by atoms with Crippen molar-refractivity contribution in [3.63, 3.8) is 0 Å². The minimum atomic E-state index is -0.360. The fourth-order valence-corrected chi connectivity index (χ4v) is 3.55. The molecule has 132 valence electrons. The van der Waals surface area contributed by atoms with E-state index in [2.05, 4.69) is 37.4 Å². The van der Waals surface area contributed by atoms with Crippen LogP contribution in [0.4, 0.5) is 0 Å². The van der Waals surface area contributed by atoms with Crippen molar-refractivity contribution >= 4 is 11.8 Å². The van der Waals surface area contributed by atoms with Gasteiger partial charge >= 0.3 is 0 Å². The summed E-state index contributed by atoms with van der Waals surface area (Å²) >= 11 is 0. The third-order valence-electron chi connectivity index (χ3n) is 4.76. The van der Waals surface area contributed by atoms with Crippen molar-refractivity contribution in [2.45, 2.75) is 66.0 Å². The number of carbonyl (C=O) groups excluding carboxylic acids is 2. The van der Waals surface area contributed by atoms with Crippen LogP contribution < -0.4 is 5.32 Å². The van der Waals surface area contributed by atoms with Crippen LogP contribution in [0.5, 0.6) is 0 Å². The number of hydrogen-bond acceptors (Lipinski definition) is 2. The highest BCUT2D eigenvalue weighted by Crippen LogP contribution is 2.20. The average molecular weight is 330 g/mol. The predicted molar refractivity (Wildman–Crippen MR) is 96.8 cm³/mol. The molecule has 0 saturated carbocycles. The van der Waals surface area contributed by atoms with Crippen molar-refractivity contribution < 1.29 is 9.59 Å². The quantitative estimate of drug-likeness (QED) is 0.872. The largest absolute Gasteiger partial charge is 0.352 e. The second-order valence-electron chi connectivity index (χ2n) is 7.42. The van der Waals surface area contributed by atoms with Crippen molar-refractivity contribution in [3.05, 3.63) is 34.9 Å². The van der Waals surface area contributed by atoms with Gasteiger partial charge in [0.05, 0.1) is 0 Å². The Kier molecular flexibility index (Phi) is 6.03. The summed E-state index contributed by atoms with van der Waals surface area (Å²) in [5.41, 5.74) is 3.76. The zero-order valence-electron chi connectivity index (χ0n) is 15.6. The number of benzene rings is 1. The van der Waals surface area contributed by atoms with Crippen LogP contribution in [0.15, 0.2) is 18.2 Å². The summed E-state index contributed by atoms with van der Waals surface area (Å²) in [6, 6.07) is 6.09. The smallest absolute Gasteiger partial charge is 0.243 e. The highest BCUT2D eigenvalue weighted by molar-refractivity contribution is 5.89. The van der Waals surface area contributed by atoms with Gasteiger partial charge in [0, 0.05) is 19.0 Å². The van der Waals surface area contributed by atoms with E-state index in [1.54, 1.807) is 4.90 Å². The molecule has 1 heterocycles. The highest BCUT2D eigenvalue weighted by Gasteiger charge is 2.35. The molecule has 2 amide bonds. The van der Waals surface area contributed by atoms with Gasteiger partial charge in [-0.05, 0) is 50.7 Å². The highest BCUT2D eigenvalue weighted by atomic mass is 16.2. The molecule has 0 bridgehead atoms. The molecule has 1 aromatic rings. The van der Waals surface area contributed by atoms with E-state index in [9.17, 15) is 9.59 Å². The number of nitrogens with one attached hydrogen (secondary N) is 1. The Hall–Kier alpha value is -1.84. The molecule has 24 heavy (non-hydrogen) atoms. The van der Waals surface area contributed by atoms with Crippen LogP contribution in [0.1, 0.15) is 50.3 Å². The van der Waals surface area contributed by atoms with Crippen LogP contribution in [-0.4, -0.2) is 35.3 Å². The number of hydrogen-bond donors (Lipinski definition) is 1. The molecule has 1 fully saturated rings. The molecule has 0 radical (unpaired) electrons. The minimum absolute atomic E-state index is 0.0301. The first-order valence-corrected chi connectivity index (χ1v) is 8.95. The first-order valence-electron chi connectivity index (χ1n) is 8.95. The molecule has 1 N–H and O–H groups in total. The van der Waals surface area contributed by atoms with Crippen LogP contribution in [0.3, 0.4) is 0 Å². The Morgan fingerprint density at radius 3 is 2.50 bits per heavy atom. The van der Waals surface area contributed by atoms with Crippen molar-refractivity contribution in [1.82, 2.24) is 10.2 Å². The van der Waals surface area contributed by atoms with Gasteiger partial charge in [-0.2, -0.15) is 0 Å². The molecule has 1 aliphatic heterocycles. The Labute approximate surface area is 145 Å². The maximum atomic E-state index is 12.8. The molecule has 0 aliphatic carbocycles. The van der Waals surface area contributed by atoms with Crippen molar-refractivity contribution in [1.29, 1.82) is 0 Å². The lowest BCUT2D eigenvalue weighted by atomic mass is 9.98. The van der Waals surface area contributed by atoms with Gasteiger partial charge in [-0.1, -0.05) is 37.6 Å². The van der Waals surface area contributed by atoms with Crippen LogP contribution in [0.25, 0.3) is 0 Å². The summed E-state index contributed by atoms with van der Waals surface area (Å²) < 4.78 is 0. The Balaban J connectivity index is 2.02. The third-order valence-corrected chi connectivity index (χ3v) is 4.76. The molecular weight excluding hydrogens is 300 g/mol. The maximum absolute atomic E-state index is 12.8. The van der Waals surface area contributed by atoms with E-state index in [-0.39, 0.29) is 29.8 Å². The van der Waals surface area contributed by atoms with Crippen LogP contribution in [0, 0.1) is 19.8 Å². The fourth-order valence-electron chi connectivity index (χ4n) is 3.55. The van der Waals surface area contributed by atoms with Gasteiger partial charge in [0.2, 0.25) is 11.8 Å². The van der Waals surface area contributed by atoms with Gasteiger partial charge in [-0.25, -0.2) is 0 Å². The number of rotatable bonds is 6. The number of nitrogens with zero attached hydrogens (tertiary/aromatic N) is 1. The first-order chi connectivity index (χ1) is 11.3. The van der Waals surface area contributed by atoms with Gasteiger partial charge in [-0.15, -0.1) is 0 Å². The lowest BCUT2D eigenvalue weighted by Crippen LogP contribution is -2.52. The molecule has 0 spiro atoms. The van der Waals surface area contributed by atoms with E-state index in [0.29, 0.717) is 13.0 Å². The van der Waals surface area contributed by atoms with Crippen molar-refractivity contribution in [3.8, 4) is 0 Å². The molecule has 2 atom stereocenters. The Morgan fingerprint density at radius 1 is 1.25 bits per heavy atom. The number of carbonyl (C=O) groups is 2.